The molecule has 19 heavy (non-hydrogen) atoms. The number of nitrogens with two attached hydrogens (primary N) is 1. The van der Waals surface area contributed by atoms with Crippen molar-refractivity contribution in [2.45, 2.75) is 25.8 Å². The first-order valence-electron chi connectivity index (χ1n) is 6.19. The summed E-state index contributed by atoms with van der Waals surface area (Å²) in [4.78, 5) is 0. The molecule has 0 fully saturated rings. The van der Waals surface area contributed by atoms with Crippen LogP contribution < -0.4 is 5.73 Å². The standard InChI is InChI=1S/C16H17Cl2N/c1-11-5-3-4-6-14(11)16(2,19)10-12-7-8-13(17)9-15(12)18/h3-9H,10,19H2,1-2H3. The van der Waals surface area contributed by atoms with E-state index in [1.807, 2.05) is 31.2 Å². The van der Waals surface area contributed by atoms with Gasteiger partial charge in [-0.1, -0.05) is 53.5 Å². The largest absolute Gasteiger partial charge is 0.321 e. The zero-order valence-electron chi connectivity index (χ0n) is 11.1. The number of hydrogen-bond acceptors (Lipinski definition) is 1. The Morgan fingerprint density at radius 2 is 1.79 bits per heavy atom. The van der Waals surface area contributed by atoms with Crippen molar-refractivity contribution in [3.05, 3.63) is 69.2 Å². The van der Waals surface area contributed by atoms with Crippen molar-refractivity contribution in [1.29, 1.82) is 0 Å². The maximum Gasteiger partial charge on any atom is 0.0453 e. The third-order valence-corrected chi connectivity index (χ3v) is 3.92. The van der Waals surface area contributed by atoms with Gasteiger partial charge in [-0.05, 0) is 49.1 Å². The number of halogens is 2. The van der Waals surface area contributed by atoms with Gasteiger partial charge in [0, 0.05) is 15.6 Å². The maximum absolute atomic E-state index is 6.49. The van der Waals surface area contributed by atoms with E-state index in [1.165, 1.54) is 5.56 Å². The molecule has 0 bridgehead atoms. The predicted molar refractivity (Wildman–Crippen MR) is 82.9 cm³/mol. The van der Waals surface area contributed by atoms with Gasteiger partial charge in [0.05, 0.1) is 0 Å². The summed E-state index contributed by atoms with van der Waals surface area (Å²) in [5.41, 5.74) is 9.38. The van der Waals surface area contributed by atoms with Gasteiger partial charge in [0.1, 0.15) is 0 Å². The Kier molecular flexibility index (Phi) is 4.19. The van der Waals surface area contributed by atoms with Crippen LogP contribution >= 0.6 is 23.2 Å². The van der Waals surface area contributed by atoms with Gasteiger partial charge in [0.15, 0.2) is 0 Å². The molecule has 0 aliphatic heterocycles. The molecule has 2 N–H and O–H groups in total. The van der Waals surface area contributed by atoms with Crippen LogP contribution in [0.25, 0.3) is 0 Å². The lowest BCUT2D eigenvalue weighted by Crippen LogP contribution is -2.36. The van der Waals surface area contributed by atoms with Crippen LogP contribution in [0.1, 0.15) is 23.6 Å². The molecule has 100 valence electrons. The van der Waals surface area contributed by atoms with Crippen LogP contribution in [0.4, 0.5) is 0 Å². The average Bonchev–Trinajstić information content (AvgIpc) is 2.33. The van der Waals surface area contributed by atoms with Crippen molar-refractivity contribution in [2.24, 2.45) is 5.73 Å². The molecule has 1 atom stereocenters. The minimum Gasteiger partial charge on any atom is -0.321 e. The van der Waals surface area contributed by atoms with E-state index in [0.717, 1.165) is 11.1 Å². The normalized spacial score (nSPS) is 14.2. The van der Waals surface area contributed by atoms with Gasteiger partial charge >= 0.3 is 0 Å². The fraction of sp³-hybridized carbons (Fsp3) is 0.250. The van der Waals surface area contributed by atoms with Gasteiger partial charge in [0.2, 0.25) is 0 Å². The smallest absolute Gasteiger partial charge is 0.0453 e. The molecule has 0 saturated carbocycles. The summed E-state index contributed by atoms with van der Waals surface area (Å²) >= 11 is 12.1. The van der Waals surface area contributed by atoms with Crippen LogP contribution in [-0.2, 0) is 12.0 Å². The van der Waals surface area contributed by atoms with Gasteiger partial charge in [-0.25, -0.2) is 0 Å². The lowest BCUT2D eigenvalue weighted by Gasteiger charge is -2.27. The average molecular weight is 294 g/mol. The molecule has 0 aromatic heterocycles. The van der Waals surface area contributed by atoms with E-state index in [-0.39, 0.29) is 0 Å². The van der Waals surface area contributed by atoms with Crippen LogP contribution in [-0.4, -0.2) is 0 Å². The Morgan fingerprint density at radius 3 is 2.42 bits per heavy atom. The fourth-order valence-electron chi connectivity index (χ4n) is 2.37. The van der Waals surface area contributed by atoms with E-state index >= 15 is 0 Å². The highest BCUT2D eigenvalue weighted by atomic mass is 35.5. The highest BCUT2D eigenvalue weighted by Gasteiger charge is 2.24. The van der Waals surface area contributed by atoms with E-state index < -0.39 is 5.54 Å². The van der Waals surface area contributed by atoms with Crippen LogP contribution in [0.2, 0.25) is 10.0 Å². The molecule has 0 saturated heterocycles. The Labute approximate surface area is 124 Å². The fourth-order valence-corrected chi connectivity index (χ4v) is 2.84. The number of aryl methyl sites for hydroxylation is 1. The summed E-state index contributed by atoms with van der Waals surface area (Å²) < 4.78 is 0. The Bertz CT molecular complexity index is 591. The molecule has 0 radical (unpaired) electrons. The Balaban J connectivity index is 2.33. The molecular formula is C16H17Cl2N. The number of hydrogen-bond donors (Lipinski definition) is 1. The molecule has 0 amide bonds. The first kappa shape index (κ1) is 14.4. The summed E-state index contributed by atoms with van der Waals surface area (Å²) in [7, 11) is 0. The lowest BCUT2D eigenvalue weighted by atomic mass is 9.84. The first-order valence-corrected chi connectivity index (χ1v) is 6.95. The van der Waals surface area contributed by atoms with Gasteiger partial charge in [-0.2, -0.15) is 0 Å². The Hall–Kier alpha value is -1.02. The third-order valence-electron chi connectivity index (χ3n) is 3.33. The second-order valence-corrected chi connectivity index (χ2v) is 5.99. The van der Waals surface area contributed by atoms with Crippen LogP contribution in [0.15, 0.2) is 42.5 Å². The summed E-state index contributed by atoms with van der Waals surface area (Å²) in [5.74, 6) is 0. The van der Waals surface area contributed by atoms with Gasteiger partial charge in [0.25, 0.3) is 0 Å². The second-order valence-electron chi connectivity index (χ2n) is 5.14. The lowest BCUT2D eigenvalue weighted by molar-refractivity contribution is 0.488. The molecule has 0 heterocycles. The van der Waals surface area contributed by atoms with Crippen molar-refractivity contribution >= 4 is 23.2 Å². The van der Waals surface area contributed by atoms with E-state index in [0.29, 0.717) is 16.5 Å². The summed E-state index contributed by atoms with van der Waals surface area (Å²) in [6.45, 7) is 4.10. The second kappa shape index (κ2) is 5.54. The van der Waals surface area contributed by atoms with Crippen LogP contribution in [0.5, 0.6) is 0 Å². The van der Waals surface area contributed by atoms with Crippen molar-refractivity contribution in [3.63, 3.8) is 0 Å². The monoisotopic (exact) mass is 293 g/mol. The number of rotatable bonds is 3. The summed E-state index contributed by atoms with van der Waals surface area (Å²) in [6.07, 6.45) is 0.674. The van der Waals surface area contributed by atoms with Crippen molar-refractivity contribution in [3.8, 4) is 0 Å². The summed E-state index contributed by atoms with van der Waals surface area (Å²) in [6, 6.07) is 13.7. The number of benzene rings is 2. The van der Waals surface area contributed by atoms with Crippen molar-refractivity contribution in [2.75, 3.05) is 0 Å². The van der Waals surface area contributed by atoms with Crippen molar-refractivity contribution < 1.29 is 0 Å². The summed E-state index contributed by atoms with van der Waals surface area (Å²) in [5, 5.41) is 1.31. The first-order chi connectivity index (χ1) is 8.90. The van der Waals surface area contributed by atoms with Crippen LogP contribution in [0, 0.1) is 6.92 Å². The molecule has 2 aromatic rings. The quantitative estimate of drug-likeness (QED) is 0.871. The van der Waals surface area contributed by atoms with Crippen molar-refractivity contribution in [1.82, 2.24) is 0 Å². The highest BCUT2D eigenvalue weighted by molar-refractivity contribution is 6.35. The molecule has 0 spiro atoms. The molecule has 1 unspecified atom stereocenters. The Morgan fingerprint density at radius 1 is 1.11 bits per heavy atom. The van der Waals surface area contributed by atoms with E-state index in [4.69, 9.17) is 28.9 Å². The minimum atomic E-state index is -0.456. The topological polar surface area (TPSA) is 26.0 Å². The molecular weight excluding hydrogens is 277 g/mol. The van der Waals surface area contributed by atoms with Gasteiger partial charge in [-0.3, -0.25) is 0 Å². The minimum absolute atomic E-state index is 0.456. The van der Waals surface area contributed by atoms with E-state index in [9.17, 15) is 0 Å². The van der Waals surface area contributed by atoms with Crippen LogP contribution in [0.3, 0.4) is 0 Å². The molecule has 3 heteroatoms. The SMILES string of the molecule is Cc1ccccc1C(C)(N)Cc1ccc(Cl)cc1Cl. The van der Waals surface area contributed by atoms with E-state index in [1.54, 1.807) is 6.07 Å². The predicted octanol–water partition coefficient (Wildman–Crippen LogP) is 4.72. The maximum atomic E-state index is 6.49. The van der Waals surface area contributed by atoms with Gasteiger partial charge in [-0.15, -0.1) is 0 Å². The highest BCUT2D eigenvalue weighted by Crippen LogP contribution is 2.29. The zero-order valence-corrected chi connectivity index (χ0v) is 12.6. The molecule has 2 aromatic carbocycles. The zero-order chi connectivity index (χ0) is 14.0. The van der Waals surface area contributed by atoms with Gasteiger partial charge < -0.3 is 5.73 Å². The van der Waals surface area contributed by atoms with E-state index in [2.05, 4.69) is 19.1 Å². The molecule has 0 aliphatic carbocycles. The third kappa shape index (κ3) is 3.30. The molecule has 2 rings (SSSR count). The molecule has 1 nitrogen and oxygen atoms in total. The molecule has 0 aliphatic rings.